The molecule has 0 bridgehead atoms. The molecular formula is C10H10N2O4S. The fraction of sp³-hybridized carbons (Fsp3) is 0.200. The molecule has 6 nitrogen and oxygen atoms in total. The minimum Gasteiger partial charge on any atom is -0.285 e. The molecule has 1 aliphatic heterocycles. The summed E-state index contributed by atoms with van der Waals surface area (Å²) >= 11 is 0. The zero-order valence-corrected chi connectivity index (χ0v) is 9.59. The van der Waals surface area contributed by atoms with Crippen LogP contribution in [-0.4, -0.2) is 30.3 Å². The molecule has 1 aromatic carbocycles. The molecule has 1 amide bonds. The number of anilines is 1. The van der Waals surface area contributed by atoms with Crippen molar-refractivity contribution < 1.29 is 17.8 Å². The first-order chi connectivity index (χ1) is 7.96. The highest BCUT2D eigenvalue weighted by molar-refractivity contribution is 7.86. The maximum atomic E-state index is 11.6. The molecule has 1 heterocycles. The Bertz CT molecular complexity index is 565. The van der Waals surface area contributed by atoms with Crippen molar-refractivity contribution in [1.29, 1.82) is 0 Å². The van der Waals surface area contributed by atoms with Gasteiger partial charge in [0.1, 0.15) is 5.75 Å². The van der Waals surface area contributed by atoms with Crippen LogP contribution in [0.3, 0.4) is 0 Å². The summed E-state index contributed by atoms with van der Waals surface area (Å²) in [5, 5.41) is 5.03. The summed E-state index contributed by atoms with van der Waals surface area (Å²) in [6.45, 7) is 0. The number of benzene rings is 1. The van der Waals surface area contributed by atoms with Crippen LogP contribution in [0, 0.1) is 0 Å². The van der Waals surface area contributed by atoms with Crippen LogP contribution in [0.2, 0.25) is 0 Å². The molecule has 90 valence electrons. The van der Waals surface area contributed by atoms with Crippen molar-refractivity contribution >= 4 is 27.4 Å². The summed E-state index contributed by atoms with van der Waals surface area (Å²) in [6.07, 6.45) is -0.0886. The molecular weight excluding hydrogens is 244 g/mol. The van der Waals surface area contributed by atoms with Gasteiger partial charge in [0.2, 0.25) is 0 Å². The monoisotopic (exact) mass is 254 g/mol. The van der Waals surface area contributed by atoms with Crippen LogP contribution >= 0.6 is 0 Å². The predicted octanol–water partition coefficient (Wildman–Crippen LogP) is 0.667. The Kier molecular flexibility index (Phi) is 2.95. The molecule has 0 saturated carbocycles. The van der Waals surface area contributed by atoms with Crippen molar-refractivity contribution in [3.05, 3.63) is 30.3 Å². The molecule has 0 fully saturated rings. The normalized spacial score (nSPS) is 16.2. The van der Waals surface area contributed by atoms with Crippen molar-refractivity contribution in [3.63, 3.8) is 0 Å². The molecule has 2 rings (SSSR count). The van der Waals surface area contributed by atoms with Gasteiger partial charge in [0.15, 0.2) is 0 Å². The van der Waals surface area contributed by atoms with Crippen molar-refractivity contribution in [1.82, 2.24) is 0 Å². The standard InChI is InChI=1S/C10H10N2O4S/c13-10-6-8(7-17(14,15)16)11-12(10)9-4-2-1-3-5-9/h1-5H,6-7H2,(H,14,15,16). The lowest BCUT2D eigenvalue weighted by molar-refractivity contribution is -0.116. The van der Waals surface area contributed by atoms with E-state index in [1.807, 2.05) is 0 Å². The summed E-state index contributed by atoms with van der Waals surface area (Å²) in [5.41, 5.74) is 0.712. The Labute approximate surface area is 98.3 Å². The number of nitrogens with zero attached hydrogens (tertiary/aromatic N) is 2. The molecule has 0 saturated heterocycles. The summed E-state index contributed by atoms with van der Waals surface area (Å²) in [6, 6.07) is 8.68. The number of hydrogen-bond donors (Lipinski definition) is 1. The third kappa shape index (κ3) is 2.89. The van der Waals surface area contributed by atoms with Crippen molar-refractivity contribution in [3.8, 4) is 0 Å². The summed E-state index contributed by atoms with van der Waals surface area (Å²) in [7, 11) is -4.15. The van der Waals surface area contributed by atoms with Gasteiger partial charge in [-0.05, 0) is 12.1 Å². The van der Waals surface area contributed by atoms with Crippen LogP contribution in [0.1, 0.15) is 6.42 Å². The fourth-order valence-corrected chi connectivity index (χ4v) is 2.12. The first-order valence-electron chi connectivity index (χ1n) is 4.85. The van der Waals surface area contributed by atoms with E-state index < -0.39 is 15.9 Å². The van der Waals surface area contributed by atoms with Crippen LogP contribution in [0.25, 0.3) is 0 Å². The van der Waals surface area contributed by atoms with E-state index in [4.69, 9.17) is 4.55 Å². The highest BCUT2D eigenvalue weighted by Crippen LogP contribution is 2.20. The molecule has 0 atom stereocenters. The molecule has 1 aromatic rings. The van der Waals surface area contributed by atoms with Gasteiger partial charge in [-0.25, -0.2) is 5.01 Å². The molecule has 0 aromatic heterocycles. The Morgan fingerprint density at radius 1 is 1.29 bits per heavy atom. The third-order valence-electron chi connectivity index (χ3n) is 2.18. The number of amides is 1. The molecule has 0 unspecified atom stereocenters. The van der Waals surface area contributed by atoms with E-state index in [2.05, 4.69) is 5.10 Å². The van der Waals surface area contributed by atoms with Gasteiger partial charge in [-0.15, -0.1) is 0 Å². The topological polar surface area (TPSA) is 87.0 Å². The number of carbonyl (C=O) groups is 1. The summed E-state index contributed by atoms with van der Waals surface area (Å²) in [5.74, 6) is -0.919. The van der Waals surface area contributed by atoms with Crippen molar-refractivity contribution in [2.24, 2.45) is 5.10 Å². The molecule has 7 heteroatoms. The van der Waals surface area contributed by atoms with E-state index in [0.29, 0.717) is 5.69 Å². The minimum absolute atomic E-state index is 0.0886. The number of para-hydroxylation sites is 1. The van der Waals surface area contributed by atoms with Gasteiger partial charge in [-0.2, -0.15) is 13.5 Å². The second kappa shape index (κ2) is 4.27. The van der Waals surface area contributed by atoms with E-state index >= 15 is 0 Å². The van der Waals surface area contributed by atoms with Crippen LogP contribution in [0.5, 0.6) is 0 Å². The van der Waals surface area contributed by atoms with Crippen LogP contribution in [0.4, 0.5) is 5.69 Å². The second-order valence-corrected chi connectivity index (χ2v) is 5.06. The summed E-state index contributed by atoms with van der Waals surface area (Å²) in [4.78, 5) is 11.6. The van der Waals surface area contributed by atoms with Gasteiger partial charge in [0.25, 0.3) is 16.0 Å². The zero-order chi connectivity index (χ0) is 12.5. The SMILES string of the molecule is O=C1CC(CS(=O)(=O)O)=NN1c1ccccc1. The lowest BCUT2D eigenvalue weighted by Gasteiger charge is -2.10. The molecule has 1 N–H and O–H groups in total. The van der Waals surface area contributed by atoms with Gasteiger partial charge in [-0.3, -0.25) is 9.35 Å². The molecule has 1 aliphatic rings. The van der Waals surface area contributed by atoms with Gasteiger partial charge in [0, 0.05) is 0 Å². The van der Waals surface area contributed by atoms with Crippen LogP contribution in [0.15, 0.2) is 35.4 Å². The number of hydrogen-bond acceptors (Lipinski definition) is 4. The van der Waals surface area contributed by atoms with Gasteiger partial charge < -0.3 is 0 Å². The van der Waals surface area contributed by atoms with Crippen LogP contribution in [-0.2, 0) is 14.9 Å². The lowest BCUT2D eigenvalue weighted by atomic mass is 10.3. The summed E-state index contributed by atoms with van der Waals surface area (Å²) < 4.78 is 30.0. The molecule has 0 spiro atoms. The van der Waals surface area contributed by atoms with E-state index in [-0.39, 0.29) is 18.0 Å². The Morgan fingerprint density at radius 3 is 2.53 bits per heavy atom. The third-order valence-corrected chi connectivity index (χ3v) is 2.88. The first kappa shape index (κ1) is 11.7. The Balaban J connectivity index is 2.24. The highest BCUT2D eigenvalue weighted by Gasteiger charge is 2.27. The minimum atomic E-state index is -4.15. The van der Waals surface area contributed by atoms with E-state index in [1.54, 1.807) is 30.3 Å². The van der Waals surface area contributed by atoms with Crippen molar-refractivity contribution in [2.45, 2.75) is 6.42 Å². The zero-order valence-electron chi connectivity index (χ0n) is 8.78. The lowest BCUT2D eigenvalue weighted by Crippen LogP contribution is -2.19. The van der Waals surface area contributed by atoms with Crippen LogP contribution < -0.4 is 5.01 Å². The second-order valence-electron chi connectivity index (χ2n) is 3.61. The number of carbonyl (C=O) groups excluding carboxylic acids is 1. The highest BCUT2D eigenvalue weighted by atomic mass is 32.2. The first-order valence-corrected chi connectivity index (χ1v) is 6.46. The maximum Gasteiger partial charge on any atom is 0.270 e. The predicted molar refractivity (Wildman–Crippen MR) is 62.4 cm³/mol. The molecule has 0 aliphatic carbocycles. The smallest absolute Gasteiger partial charge is 0.270 e. The molecule has 17 heavy (non-hydrogen) atoms. The number of hydrazone groups is 1. The van der Waals surface area contributed by atoms with Gasteiger partial charge >= 0.3 is 0 Å². The van der Waals surface area contributed by atoms with Gasteiger partial charge in [0.05, 0.1) is 17.8 Å². The van der Waals surface area contributed by atoms with E-state index in [0.717, 1.165) is 5.01 Å². The quantitative estimate of drug-likeness (QED) is 0.803. The van der Waals surface area contributed by atoms with E-state index in [1.165, 1.54) is 0 Å². The average Bonchev–Trinajstić information content (AvgIpc) is 2.58. The fourth-order valence-electron chi connectivity index (χ4n) is 1.54. The van der Waals surface area contributed by atoms with Gasteiger partial charge in [-0.1, -0.05) is 18.2 Å². The average molecular weight is 254 g/mol. The maximum absolute atomic E-state index is 11.6. The Morgan fingerprint density at radius 2 is 1.94 bits per heavy atom. The Hall–Kier alpha value is -1.73. The molecule has 0 radical (unpaired) electrons. The van der Waals surface area contributed by atoms with Crippen molar-refractivity contribution in [2.75, 3.05) is 10.8 Å². The van der Waals surface area contributed by atoms with E-state index in [9.17, 15) is 13.2 Å². The number of rotatable bonds is 3. The largest absolute Gasteiger partial charge is 0.285 e.